The van der Waals surface area contributed by atoms with Crippen LogP contribution >= 0.6 is 11.8 Å². The molecule has 0 aromatic carbocycles. The standard InChI is InChI=1S/C11H21N5OS/c1-9(2)16-10(17)13-14-11(16)18-8-7-15-5-3-12-4-6-15/h9,12H,3-8H2,1-2H3,(H,13,17). The monoisotopic (exact) mass is 271 g/mol. The van der Waals surface area contributed by atoms with Gasteiger partial charge < -0.3 is 5.32 Å². The van der Waals surface area contributed by atoms with Crippen molar-refractivity contribution in [1.29, 1.82) is 0 Å². The van der Waals surface area contributed by atoms with Gasteiger partial charge in [0.2, 0.25) is 0 Å². The molecule has 0 atom stereocenters. The highest BCUT2D eigenvalue weighted by molar-refractivity contribution is 7.99. The van der Waals surface area contributed by atoms with Crippen molar-refractivity contribution in [1.82, 2.24) is 25.0 Å². The number of nitrogens with zero attached hydrogens (tertiary/aromatic N) is 3. The van der Waals surface area contributed by atoms with E-state index >= 15 is 0 Å². The summed E-state index contributed by atoms with van der Waals surface area (Å²) in [4.78, 5) is 14.0. The van der Waals surface area contributed by atoms with Gasteiger partial charge in [-0.25, -0.2) is 9.89 Å². The average molecular weight is 271 g/mol. The smallest absolute Gasteiger partial charge is 0.314 e. The maximum atomic E-state index is 11.6. The molecule has 1 fully saturated rings. The van der Waals surface area contributed by atoms with E-state index in [4.69, 9.17) is 0 Å². The molecule has 1 aromatic rings. The van der Waals surface area contributed by atoms with Gasteiger partial charge in [-0.1, -0.05) is 11.8 Å². The zero-order valence-electron chi connectivity index (χ0n) is 11.0. The fraction of sp³-hybridized carbons (Fsp3) is 0.818. The summed E-state index contributed by atoms with van der Waals surface area (Å²) in [6.45, 7) is 9.41. The Morgan fingerprint density at radius 3 is 2.78 bits per heavy atom. The van der Waals surface area contributed by atoms with Gasteiger partial charge in [0.25, 0.3) is 0 Å². The molecule has 0 bridgehead atoms. The highest BCUT2D eigenvalue weighted by Gasteiger charge is 2.13. The van der Waals surface area contributed by atoms with Gasteiger partial charge in [-0.3, -0.25) is 9.47 Å². The summed E-state index contributed by atoms with van der Waals surface area (Å²) in [7, 11) is 0. The van der Waals surface area contributed by atoms with Crippen molar-refractivity contribution in [3.63, 3.8) is 0 Å². The molecule has 1 aliphatic rings. The third-order valence-corrected chi connectivity index (χ3v) is 3.97. The molecule has 2 rings (SSSR count). The van der Waals surface area contributed by atoms with Gasteiger partial charge in [-0.05, 0) is 13.8 Å². The zero-order valence-corrected chi connectivity index (χ0v) is 11.8. The van der Waals surface area contributed by atoms with Gasteiger partial charge in [0.05, 0.1) is 0 Å². The molecule has 0 saturated carbocycles. The lowest BCUT2D eigenvalue weighted by molar-refractivity contribution is 0.255. The molecule has 18 heavy (non-hydrogen) atoms. The fourth-order valence-electron chi connectivity index (χ4n) is 2.05. The topological polar surface area (TPSA) is 66.0 Å². The van der Waals surface area contributed by atoms with E-state index in [1.807, 2.05) is 13.8 Å². The van der Waals surface area contributed by atoms with E-state index in [1.165, 1.54) is 0 Å². The third-order valence-electron chi connectivity index (χ3n) is 3.04. The van der Waals surface area contributed by atoms with E-state index in [0.717, 1.165) is 43.6 Å². The lowest BCUT2D eigenvalue weighted by Crippen LogP contribution is -2.44. The number of thioether (sulfide) groups is 1. The summed E-state index contributed by atoms with van der Waals surface area (Å²) < 4.78 is 1.71. The van der Waals surface area contributed by atoms with E-state index in [0.29, 0.717) is 0 Å². The molecule has 2 heterocycles. The first kappa shape index (κ1) is 13.6. The molecule has 102 valence electrons. The van der Waals surface area contributed by atoms with E-state index in [9.17, 15) is 4.79 Å². The van der Waals surface area contributed by atoms with Gasteiger partial charge in [-0.15, -0.1) is 5.10 Å². The molecule has 6 nitrogen and oxygen atoms in total. The Labute approximate surface area is 111 Å². The zero-order chi connectivity index (χ0) is 13.0. The second-order valence-corrected chi connectivity index (χ2v) is 5.78. The number of H-pyrrole nitrogens is 1. The summed E-state index contributed by atoms with van der Waals surface area (Å²) in [6, 6.07) is 0.151. The number of aromatic amines is 1. The summed E-state index contributed by atoms with van der Waals surface area (Å²) >= 11 is 1.65. The minimum absolute atomic E-state index is 0.116. The number of aromatic nitrogens is 3. The van der Waals surface area contributed by atoms with Crippen LogP contribution in [0, 0.1) is 0 Å². The molecule has 1 aliphatic heterocycles. The average Bonchev–Trinajstić information content (AvgIpc) is 2.72. The summed E-state index contributed by atoms with van der Waals surface area (Å²) in [5, 5.41) is 10.7. The van der Waals surface area contributed by atoms with Gasteiger partial charge in [0, 0.05) is 44.5 Å². The molecule has 1 aromatic heterocycles. The molecule has 7 heteroatoms. The van der Waals surface area contributed by atoms with Crippen LogP contribution in [0.3, 0.4) is 0 Å². The first-order chi connectivity index (χ1) is 8.68. The number of rotatable bonds is 5. The number of hydrogen-bond donors (Lipinski definition) is 2. The van der Waals surface area contributed by atoms with E-state index < -0.39 is 0 Å². The second kappa shape index (κ2) is 6.40. The van der Waals surface area contributed by atoms with Crippen molar-refractivity contribution in [2.45, 2.75) is 25.0 Å². The van der Waals surface area contributed by atoms with Gasteiger partial charge in [0.1, 0.15) is 0 Å². The lowest BCUT2D eigenvalue weighted by Gasteiger charge is -2.26. The molecular weight excluding hydrogens is 250 g/mol. The molecule has 2 N–H and O–H groups in total. The van der Waals surface area contributed by atoms with Crippen molar-refractivity contribution in [3.8, 4) is 0 Å². The fourth-order valence-corrected chi connectivity index (χ4v) is 3.12. The molecule has 0 unspecified atom stereocenters. The van der Waals surface area contributed by atoms with Crippen molar-refractivity contribution in [3.05, 3.63) is 10.5 Å². The van der Waals surface area contributed by atoms with Crippen molar-refractivity contribution in [2.75, 3.05) is 38.5 Å². The number of hydrogen-bond acceptors (Lipinski definition) is 5. The van der Waals surface area contributed by atoms with Crippen LogP contribution in [0.5, 0.6) is 0 Å². The van der Waals surface area contributed by atoms with E-state index in [-0.39, 0.29) is 11.7 Å². The van der Waals surface area contributed by atoms with E-state index in [2.05, 4.69) is 20.4 Å². The van der Waals surface area contributed by atoms with Crippen molar-refractivity contribution < 1.29 is 0 Å². The van der Waals surface area contributed by atoms with Crippen molar-refractivity contribution >= 4 is 11.8 Å². The molecule has 1 saturated heterocycles. The Morgan fingerprint density at radius 2 is 2.11 bits per heavy atom. The summed E-state index contributed by atoms with van der Waals surface area (Å²) in [5.74, 6) is 0.969. The largest absolute Gasteiger partial charge is 0.344 e. The quantitative estimate of drug-likeness (QED) is 0.746. The maximum absolute atomic E-state index is 11.6. The minimum Gasteiger partial charge on any atom is -0.314 e. The first-order valence-electron chi connectivity index (χ1n) is 6.41. The second-order valence-electron chi connectivity index (χ2n) is 4.72. The van der Waals surface area contributed by atoms with Crippen LogP contribution in [-0.2, 0) is 0 Å². The van der Waals surface area contributed by atoms with Crippen LogP contribution in [-0.4, -0.2) is 58.1 Å². The van der Waals surface area contributed by atoms with Crippen LogP contribution in [0.1, 0.15) is 19.9 Å². The highest BCUT2D eigenvalue weighted by Crippen LogP contribution is 2.16. The first-order valence-corrected chi connectivity index (χ1v) is 7.40. The minimum atomic E-state index is -0.116. The van der Waals surface area contributed by atoms with E-state index in [1.54, 1.807) is 16.3 Å². The van der Waals surface area contributed by atoms with Gasteiger partial charge in [0.15, 0.2) is 5.16 Å². The summed E-state index contributed by atoms with van der Waals surface area (Å²) in [6.07, 6.45) is 0. The molecule has 0 spiro atoms. The van der Waals surface area contributed by atoms with Crippen LogP contribution in [0.4, 0.5) is 0 Å². The Bertz CT molecular complexity index is 421. The normalized spacial score (nSPS) is 17.5. The molecule has 0 aliphatic carbocycles. The maximum Gasteiger partial charge on any atom is 0.344 e. The predicted molar refractivity (Wildman–Crippen MR) is 73.3 cm³/mol. The number of piperazine rings is 1. The molecular formula is C11H21N5OS. The Hall–Kier alpha value is -0.790. The van der Waals surface area contributed by atoms with Crippen LogP contribution in [0.25, 0.3) is 0 Å². The highest BCUT2D eigenvalue weighted by atomic mass is 32.2. The van der Waals surface area contributed by atoms with Gasteiger partial charge in [-0.2, -0.15) is 0 Å². The molecule has 0 radical (unpaired) electrons. The lowest BCUT2D eigenvalue weighted by atomic mass is 10.4. The van der Waals surface area contributed by atoms with Crippen LogP contribution < -0.4 is 11.0 Å². The Kier molecular flexibility index (Phi) is 4.85. The Morgan fingerprint density at radius 1 is 1.39 bits per heavy atom. The van der Waals surface area contributed by atoms with Crippen LogP contribution in [0.2, 0.25) is 0 Å². The third kappa shape index (κ3) is 3.37. The van der Waals surface area contributed by atoms with Crippen LogP contribution in [0.15, 0.2) is 9.95 Å². The Balaban J connectivity index is 1.84. The van der Waals surface area contributed by atoms with Crippen molar-refractivity contribution in [2.24, 2.45) is 0 Å². The number of nitrogens with one attached hydrogen (secondary N) is 2. The van der Waals surface area contributed by atoms with Gasteiger partial charge >= 0.3 is 5.69 Å². The SMILES string of the molecule is CC(C)n1c(SCCN2CCNCC2)n[nH]c1=O. The summed E-state index contributed by atoms with van der Waals surface area (Å²) in [5.41, 5.74) is -0.116. The predicted octanol–water partition coefficient (Wildman–Crippen LogP) is 0.150. The molecule has 0 amide bonds.